The van der Waals surface area contributed by atoms with E-state index < -0.39 is 0 Å². The predicted octanol–water partition coefficient (Wildman–Crippen LogP) is 4.50. The molecule has 1 nitrogen and oxygen atoms in total. The fourth-order valence-electron chi connectivity index (χ4n) is 2.08. The second-order valence-electron chi connectivity index (χ2n) is 4.50. The van der Waals surface area contributed by atoms with Gasteiger partial charge in [-0.25, -0.2) is 0 Å². The van der Waals surface area contributed by atoms with Crippen LogP contribution in [0.5, 0.6) is 0 Å². The van der Waals surface area contributed by atoms with Crippen LogP contribution >= 0.6 is 27.7 Å². The van der Waals surface area contributed by atoms with Crippen LogP contribution in [-0.4, -0.2) is 5.25 Å². The first-order chi connectivity index (χ1) is 7.66. The van der Waals surface area contributed by atoms with Gasteiger partial charge in [0.05, 0.1) is 0 Å². The van der Waals surface area contributed by atoms with E-state index in [-0.39, 0.29) is 6.04 Å². The molecule has 0 unspecified atom stereocenters. The summed E-state index contributed by atoms with van der Waals surface area (Å²) >= 11 is 5.66. The van der Waals surface area contributed by atoms with Crippen molar-refractivity contribution >= 4 is 27.7 Å². The van der Waals surface area contributed by atoms with Crippen molar-refractivity contribution in [2.45, 2.75) is 48.8 Å². The SMILES string of the molecule is C[C@@H](N)c1ccc(SC2CCCC2)c(Br)c1. The van der Waals surface area contributed by atoms with E-state index >= 15 is 0 Å². The Hall–Kier alpha value is 0.01000. The normalized spacial score (nSPS) is 18.9. The number of rotatable bonds is 3. The summed E-state index contributed by atoms with van der Waals surface area (Å²) in [5.41, 5.74) is 7.07. The predicted molar refractivity (Wildman–Crippen MR) is 74.9 cm³/mol. The molecule has 1 aliphatic carbocycles. The Balaban J connectivity index is 2.09. The van der Waals surface area contributed by atoms with Crippen molar-refractivity contribution in [3.8, 4) is 0 Å². The molecule has 16 heavy (non-hydrogen) atoms. The monoisotopic (exact) mass is 299 g/mol. The number of hydrogen-bond donors (Lipinski definition) is 1. The zero-order chi connectivity index (χ0) is 11.5. The molecule has 1 atom stereocenters. The van der Waals surface area contributed by atoms with Crippen LogP contribution < -0.4 is 5.73 Å². The zero-order valence-electron chi connectivity index (χ0n) is 9.58. The van der Waals surface area contributed by atoms with Gasteiger partial charge < -0.3 is 5.73 Å². The third-order valence-electron chi connectivity index (χ3n) is 3.08. The molecule has 0 bridgehead atoms. The van der Waals surface area contributed by atoms with E-state index in [1.807, 2.05) is 18.7 Å². The van der Waals surface area contributed by atoms with Crippen LogP contribution in [0.2, 0.25) is 0 Å². The van der Waals surface area contributed by atoms with Crippen molar-refractivity contribution in [2.75, 3.05) is 0 Å². The molecule has 88 valence electrons. The molecule has 0 amide bonds. The van der Waals surface area contributed by atoms with Gasteiger partial charge in [-0.15, -0.1) is 11.8 Å². The minimum Gasteiger partial charge on any atom is -0.324 e. The summed E-state index contributed by atoms with van der Waals surface area (Å²) in [6, 6.07) is 6.61. The van der Waals surface area contributed by atoms with Crippen LogP contribution in [0, 0.1) is 0 Å². The molecular formula is C13H18BrNS. The van der Waals surface area contributed by atoms with E-state index in [1.54, 1.807) is 0 Å². The highest BCUT2D eigenvalue weighted by Crippen LogP contribution is 2.38. The average molecular weight is 300 g/mol. The highest BCUT2D eigenvalue weighted by atomic mass is 79.9. The lowest BCUT2D eigenvalue weighted by Gasteiger charge is -2.12. The Morgan fingerprint density at radius 2 is 2.06 bits per heavy atom. The van der Waals surface area contributed by atoms with E-state index in [2.05, 4.69) is 34.1 Å². The van der Waals surface area contributed by atoms with Gasteiger partial charge in [0, 0.05) is 20.7 Å². The summed E-state index contributed by atoms with van der Waals surface area (Å²) in [4.78, 5) is 1.36. The van der Waals surface area contributed by atoms with Crippen LogP contribution in [0.1, 0.15) is 44.2 Å². The third-order valence-corrected chi connectivity index (χ3v) is 5.41. The van der Waals surface area contributed by atoms with Gasteiger partial charge >= 0.3 is 0 Å². The van der Waals surface area contributed by atoms with Crippen molar-refractivity contribution < 1.29 is 0 Å². The fraction of sp³-hybridized carbons (Fsp3) is 0.538. The van der Waals surface area contributed by atoms with E-state index in [0.29, 0.717) is 0 Å². The van der Waals surface area contributed by atoms with Gasteiger partial charge in [0.2, 0.25) is 0 Å². The Morgan fingerprint density at radius 1 is 1.38 bits per heavy atom. The minimum absolute atomic E-state index is 0.113. The van der Waals surface area contributed by atoms with Crippen LogP contribution in [0.15, 0.2) is 27.6 Å². The van der Waals surface area contributed by atoms with Crippen LogP contribution in [0.3, 0.4) is 0 Å². The highest BCUT2D eigenvalue weighted by molar-refractivity contribution is 9.10. The summed E-state index contributed by atoms with van der Waals surface area (Å²) in [7, 11) is 0. The molecule has 1 aromatic rings. The lowest BCUT2D eigenvalue weighted by molar-refractivity contribution is 0.815. The summed E-state index contributed by atoms with van der Waals surface area (Å²) in [5, 5.41) is 0.817. The molecule has 3 heteroatoms. The maximum Gasteiger partial charge on any atom is 0.0314 e. The van der Waals surface area contributed by atoms with E-state index in [0.717, 1.165) is 5.25 Å². The molecular weight excluding hydrogens is 282 g/mol. The Labute approximate surface area is 110 Å². The first-order valence-corrected chi connectivity index (χ1v) is 7.56. The molecule has 0 saturated heterocycles. The molecule has 0 spiro atoms. The smallest absolute Gasteiger partial charge is 0.0314 e. The topological polar surface area (TPSA) is 26.0 Å². The Kier molecular flexibility index (Phi) is 4.34. The van der Waals surface area contributed by atoms with Crippen molar-refractivity contribution in [3.63, 3.8) is 0 Å². The first kappa shape index (κ1) is 12.5. The first-order valence-electron chi connectivity index (χ1n) is 5.88. The second kappa shape index (κ2) is 5.56. The standard InChI is InChI=1S/C13H18BrNS/c1-9(15)10-6-7-13(12(14)8-10)16-11-4-2-3-5-11/h6-9,11H,2-5,15H2,1H3/t9-/m1/s1. The molecule has 1 aliphatic rings. The van der Waals surface area contributed by atoms with E-state index in [1.165, 1.54) is 40.6 Å². The lowest BCUT2D eigenvalue weighted by atomic mass is 10.1. The van der Waals surface area contributed by atoms with Gasteiger partial charge in [0.25, 0.3) is 0 Å². The van der Waals surface area contributed by atoms with Gasteiger partial charge in [0.1, 0.15) is 0 Å². The number of hydrogen-bond acceptors (Lipinski definition) is 2. The molecule has 0 heterocycles. The van der Waals surface area contributed by atoms with Crippen molar-refractivity contribution in [1.29, 1.82) is 0 Å². The van der Waals surface area contributed by atoms with Crippen molar-refractivity contribution in [1.82, 2.24) is 0 Å². The van der Waals surface area contributed by atoms with Crippen molar-refractivity contribution in [2.24, 2.45) is 5.73 Å². The number of halogens is 1. The van der Waals surface area contributed by atoms with E-state index in [9.17, 15) is 0 Å². The number of nitrogens with two attached hydrogens (primary N) is 1. The molecule has 2 N–H and O–H groups in total. The maximum absolute atomic E-state index is 5.87. The molecule has 1 aromatic carbocycles. The van der Waals surface area contributed by atoms with Crippen LogP contribution in [-0.2, 0) is 0 Å². The number of thioether (sulfide) groups is 1. The van der Waals surface area contributed by atoms with Crippen molar-refractivity contribution in [3.05, 3.63) is 28.2 Å². The minimum atomic E-state index is 0.113. The summed E-state index contributed by atoms with van der Waals surface area (Å²) in [5.74, 6) is 0. The molecule has 0 aliphatic heterocycles. The van der Waals surface area contributed by atoms with Gasteiger partial charge in [0.15, 0.2) is 0 Å². The van der Waals surface area contributed by atoms with Gasteiger partial charge in [-0.05, 0) is 53.4 Å². The molecule has 0 aromatic heterocycles. The second-order valence-corrected chi connectivity index (χ2v) is 6.70. The zero-order valence-corrected chi connectivity index (χ0v) is 12.0. The third kappa shape index (κ3) is 3.02. The summed E-state index contributed by atoms with van der Waals surface area (Å²) in [6.45, 7) is 2.02. The summed E-state index contributed by atoms with van der Waals surface area (Å²) < 4.78 is 1.19. The largest absolute Gasteiger partial charge is 0.324 e. The Bertz CT molecular complexity index is 359. The summed E-state index contributed by atoms with van der Waals surface area (Å²) in [6.07, 6.45) is 5.53. The highest BCUT2D eigenvalue weighted by Gasteiger charge is 2.17. The van der Waals surface area contributed by atoms with Gasteiger partial charge in [-0.2, -0.15) is 0 Å². The van der Waals surface area contributed by atoms with Crippen LogP contribution in [0.4, 0.5) is 0 Å². The molecule has 2 rings (SSSR count). The average Bonchev–Trinajstić information content (AvgIpc) is 2.73. The quantitative estimate of drug-likeness (QED) is 0.889. The maximum atomic E-state index is 5.87. The molecule has 0 radical (unpaired) electrons. The number of benzene rings is 1. The van der Waals surface area contributed by atoms with Gasteiger partial charge in [-0.1, -0.05) is 18.9 Å². The molecule has 1 saturated carbocycles. The van der Waals surface area contributed by atoms with Crippen LogP contribution in [0.25, 0.3) is 0 Å². The molecule has 1 fully saturated rings. The van der Waals surface area contributed by atoms with E-state index in [4.69, 9.17) is 5.73 Å². The Morgan fingerprint density at radius 3 is 2.62 bits per heavy atom. The fourth-order valence-corrected chi connectivity index (χ4v) is 4.00. The van der Waals surface area contributed by atoms with Gasteiger partial charge in [-0.3, -0.25) is 0 Å². The lowest BCUT2D eigenvalue weighted by Crippen LogP contribution is -2.04.